The van der Waals surface area contributed by atoms with Gasteiger partial charge in [-0.05, 0) is 0 Å². The zero-order valence-electron chi connectivity index (χ0n) is 10.8. The summed E-state index contributed by atoms with van der Waals surface area (Å²) in [4.78, 5) is 15.3. The molecule has 102 valence electrons. The Morgan fingerprint density at radius 2 is 2.32 bits per heavy atom. The van der Waals surface area contributed by atoms with Gasteiger partial charge in [0.2, 0.25) is 0 Å². The molecule has 2 rings (SSSR count). The fraction of sp³-hybridized carbons (Fsp3) is 0.455. The summed E-state index contributed by atoms with van der Waals surface area (Å²) in [6.07, 6.45) is 3.94. The highest BCUT2D eigenvalue weighted by Gasteiger charge is 2.19. The van der Waals surface area contributed by atoms with Gasteiger partial charge < -0.3 is 14.4 Å². The molecule has 0 radical (unpaired) electrons. The Labute approximate surface area is 109 Å². The van der Waals surface area contributed by atoms with E-state index in [1.54, 1.807) is 18.0 Å². The van der Waals surface area contributed by atoms with Crippen LogP contribution >= 0.6 is 0 Å². The summed E-state index contributed by atoms with van der Waals surface area (Å²) >= 11 is 0. The molecule has 0 bridgehead atoms. The molecule has 8 heteroatoms. The minimum atomic E-state index is -1.09. The van der Waals surface area contributed by atoms with Crippen molar-refractivity contribution in [3.8, 4) is 0 Å². The third-order valence-electron chi connectivity index (χ3n) is 2.80. The van der Waals surface area contributed by atoms with E-state index < -0.39 is 5.97 Å². The maximum atomic E-state index is 11.1. The molecule has 0 aromatic carbocycles. The van der Waals surface area contributed by atoms with Gasteiger partial charge in [0.1, 0.15) is 12.4 Å². The summed E-state index contributed by atoms with van der Waals surface area (Å²) in [6, 6.07) is 0. The van der Waals surface area contributed by atoms with E-state index in [0.29, 0.717) is 25.3 Å². The van der Waals surface area contributed by atoms with Gasteiger partial charge in [0, 0.05) is 33.0 Å². The van der Waals surface area contributed by atoms with Crippen molar-refractivity contribution >= 4 is 5.97 Å². The first kappa shape index (κ1) is 13.2. The minimum Gasteiger partial charge on any atom is -0.476 e. The SMILES string of the molecule is COCCc1c(C(=O)O)nnn1Cc1nccn1C. The number of aromatic nitrogens is 5. The van der Waals surface area contributed by atoms with E-state index in [4.69, 9.17) is 9.84 Å². The van der Waals surface area contributed by atoms with Crippen LogP contribution in [0.25, 0.3) is 0 Å². The molecule has 2 aromatic rings. The average Bonchev–Trinajstić information content (AvgIpc) is 2.95. The lowest BCUT2D eigenvalue weighted by Gasteiger charge is -2.06. The maximum Gasteiger partial charge on any atom is 0.358 e. The van der Waals surface area contributed by atoms with Gasteiger partial charge in [-0.2, -0.15) is 0 Å². The number of aromatic carboxylic acids is 1. The first-order chi connectivity index (χ1) is 9.13. The number of nitrogens with zero attached hydrogens (tertiary/aromatic N) is 5. The fourth-order valence-electron chi connectivity index (χ4n) is 1.75. The molecular formula is C11H15N5O3. The number of aryl methyl sites for hydroxylation is 1. The lowest BCUT2D eigenvalue weighted by Crippen LogP contribution is -2.13. The Balaban J connectivity index is 2.29. The van der Waals surface area contributed by atoms with E-state index in [1.165, 1.54) is 0 Å². The van der Waals surface area contributed by atoms with E-state index >= 15 is 0 Å². The number of carbonyl (C=O) groups is 1. The third-order valence-corrected chi connectivity index (χ3v) is 2.80. The standard InChI is InChI=1S/C11H15N5O3/c1-15-5-4-12-9(15)7-16-8(3-6-19-2)10(11(17)18)13-14-16/h4-5H,3,6-7H2,1-2H3,(H,17,18). The predicted octanol–water partition coefficient (Wildman–Crippen LogP) is -0.0530. The molecule has 0 aliphatic carbocycles. The Hall–Kier alpha value is -2.22. The van der Waals surface area contributed by atoms with E-state index in [-0.39, 0.29) is 5.69 Å². The molecule has 19 heavy (non-hydrogen) atoms. The van der Waals surface area contributed by atoms with Crippen molar-refractivity contribution in [2.75, 3.05) is 13.7 Å². The molecule has 0 amide bonds. The number of hydrogen-bond acceptors (Lipinski definition) is 5. The van der Waals surface area contributed by atoms with Crippen molar-refractivity contribution < 1.29 is 14.6 Å². The van der Waals surface area contributed by atoms with Crippen LogP contribution in [0, 0.1) is 0 Å². The van der Waals surface area contributed by atoms with E-state index in [0.717, 1.165) is 5.82 Å². The molecule has 0 saturated carbocycles. The van der Waals surface area contributed by atoms with E-state index in [2.05, 4.69) is 15.3 Å². The van der Waals surface area contributed by atoms with E-state index in [1.807, 2.05) is 17.8 Å². The second-order valence-electron chi connectivity index (χ2n) is 4.04. The smallest absolute Gasteiger partial charge is 0.358 e. The summed E-state index contributed by atoms with van der Waals surface area (Å²) in [7, 11) is 3.43. The Morgan fingerprint density at radius 1 is 1.53 bits per heavy atom. The highest BCUT2D eigenvalue weighted by atomic mass is 16.5. The monoisotopic (exact) mass is 265 g/mol. The van der Waals surface area contributed by atoms with Crippen molar-refractivity contribution in [1.82, 2.24) is 24.5 Å². The zero-order valence-corrected chi connectivity index (χ0v) is 10.8. The Morgan fingerprint density at radius 3 is 2.89 bits per heavy atom. The average molecular weight is 265 g/mol. The lowest BCUT2D eigenvalue weighted by atomic mass is 10.2. The van der Waals surface area contributed by atoms with Crippen molar-refractivity contribution in [2.45, 2.75) is 13.0 Å². The molecule has 0 aliphatic heterocycles. The van der Waals surface area contributed by atoms with Crippen LogP contribution in [0.15, 0.2) is 12.4 Å². The first-order valence-electron chi connectivity index (χ1n) is 5.74. The van der Waals surface area contributed by atoms with Gasteiger partial charge in [0.05, 0.1) is 12.3 Å². The van der Waals surface area contributed by atoms with Crippen molar-refractivity contribution in [3.05, 3.63) is 29.6 Å². The zero-order chi connectivity index (χ0) is 13.8. The predicted molar refractivity (Wildman–Crippen MR) is 64.9 cm³/mol. The van der Waals surface area contributed by atoms with Crippen molar-refractivity contribution in [3.63, 3.8) is 0 Å². The molecule has 0 atom stereocenters. The summed E-state index contributed by atoms with van der Waals surface area (Å²) in [6.45, 7) is 0.789. The lowest BCUT2D eigenvalue weighted by molar-refractivity contribution is 0.0688. The van der Waals surface area contributed by atoms with Crippen LogP contribution in [0.1, 0.15) is 22.0 Å². The molecule has 2 heterocycles. The largest absolute Gasteiger partial charge is 0.476 e. The quantitative estimate of drug-likeness (QED) is 0.786. The number of rotatable bonds is 6. The van der Waals surface area contributed by atoms with Gasteiger partial charge in [-0.1, -0.05) is 5.21 Å². The van der Waals surface area contributed by atoms with E-state index in [9.17, 15) is 4.79 Å². The molecule has 0 unspecified atom stereocenters. The van der Waals surface area contributed by atoms with Gasteiger partial charge in [-0.3, -0.25) is 0 Å². The van der Waals surface area contributed by atoms with Crippen LogP contribution in [0.2, 0.25) is 0 Å². The van der Waals surface area contributed by atoms with Gasteiger partial charge in [-0.15, -0.1) is 5.10 Å². The highest BCUT2D eigenvalue weighted by Crippen LogP contribution is 2.09. The van der Waals surface area contributed by atoms with Crippen LogP contribution < -0.4 is 0 Å². The second kappa shape index (κ2) is 5.61. The molecule has 0 spiro atoms. The topological polar surface area (TPSA) is 95.1 Å². The summed E-state index contributed by atoms with van der Waals surface area (Å²) in [5.41, 5.74) is 0.503. The molecule has 0 fully saturated rings. The molecule has 1 N–H and O–H groups in total. The van der Waals surface area contributed by atoms with Gasteiger partial charge in [0.15, 0.2) is 5.69 Å². The molecule has 0 aliphatic rings. The van der Waals surface area contributed by atoms with Crippen molar-refractivity contribution in [2.24, 2.45) is 7.05 Å². The molecular weight excluding hydrogens is 250 g/mol. The number of carboxylic acid groups (broad SMARTS) is 1. The number of ether oxygens (including phenoxy) is 1. The third kappa shape index (κ3) is 2.79. The van der Waals surface area contributed by atoms with Crippen LogP contribution in [0.5, 0.6) is 0 Å². The number of hydrogen-bond donors (Lipinski definition) is 1. The second-order valence-corrected chi connectivity index (χ2v) is 4.04. The molecule has 0 saturated heterocycles. The maximum absolute atomic E-state index is 11.1. The van der Waals surface area contributed by atoms with Crippen LogP contribution in [-0.2, 0) is 24.8 Å². The van der Waals surface area contributed by atoms with Gasteiger partial charge in [-0.25, -0.2) is 14.5 Å². The fourth-order valence-corrected chi connectivity index (χ4v) is 1.75. The van der Waals surface area contributed by atoms with Gasteiger partial charge in [0.25, 0.3) is 0 Å². The number of methoxy groups -OCH3 is 1. The molecule has 8 nitrogen and oxygen atoms in total. The van der Waals surface area contributed by atoms with Crippen LogP contribution in [-0.4, -0.2) is 49.3 Å². The Kier molecular flexibility index (Phi) is 3.91. The minimum absolute atomic E-state index is 0.0359. The molecule has 2 aromatic heterocycles. The summed E-state index contributed by atoms with van der Waals surface area (Å²) < 4.78 is 8.38. The van der Waals surface area contributed by atoms with Crippen molar-refractivity contribution in [1.29, 1.82) is 0 Å². The number of imidazole rings is 1. The summed E-state index contributed by atoms with van der Waals surface area (Å²) in [5, 5.41) is 16.7. The first-order valence-corrected chi connectivity index (χ1v) is 5.74. The summed E-state index contributed by atoms with van der Waals surface area (Å²) in [5.74, 6) is -0.308. The Bertz CT molecular complexity index is 575. The van der Waals surface area contributed by atoms with Gasteiger partial charge >= 0.3 is 5.97 Å². The number of carboxylic acids is 1. The van der Waals surface area contributed by atoms with Crippen LogP contribution in [0.3, 0.4) is 0 Å². The van der Waals surface area contributed by atoms with Crippen LogP contribution in [0.4, 0.5) is 0 Å². The highest BCUT2D eigenvalue weighted by molar-refractivity contribution is 5.86. The normalized spacial score (nSPS) is 10.8.